The number of carbonyl (C=O) groups is 1. The number of amidine groups is 1. The highest BCUT2D eigenvalue weighted by Gasteiger charge is 2.38. The lowest BCUT2D eigenvalue weighted by atomic mass is 9.74. The third-order valence-corrected chi connectivity index (χ3v) is 6.34. The molecule has 1 saturated heterocycles. The molecule has 2 aliphatic heterocycles. The van der Waals surface area contributed by atoms with E-state index in [0.717, 1.165) is 24.0 Å². The first-order chi connectivity index (χ1) is 12.6. The second kappa shape index (κ2) is 5.93. The van der Waals surface area contributed by atoms with E-state index in [1.165, 1.54) is 23.8 Å². The number of benzene rings is 1. The highest BCUT2D eigenvalue weighted by atomic mass is 16.1. The van der Waals surface area contributed by atoms with Crippen LogP contribution in [0.2, 0.25) is 0 Å². The number of aromatic amines is 1. The molecular weight excluding hydrogens is 326 g/mol. The number of nitrogens with two attached hydrogens (primary N) is 1. The van der Waals surface area contributed by atoms with Crippen molar-refractivity contribution in [1.82, 2.24) is 15.2 Å². The molecule has 136 valence electrons. The predicted molar refractivity (Wildman–Crippen MR) is 103 cm³/mol. The molecule has 2 unspecified atom stereocenters. The Morgan fingerprint density at radius 2 is 2.27 bits per heavy atom. The highest BCUT2D eigenvalue weighted by molar-refractivity contribution is 6.07. The number of likely N-dealkylation sites (N-methyl/N-ethyl adjacent to an activating group) is 1. The van der Waals surface area contributed by atoms with E-state index >= 15 is 0 Å². The molecule has 5 rings (SSSR count). The number of nitrogens with one attached hydrogen (secondary N) is 2. The Labute approximate surface area is 152 Å². The van der Waals surface area contributed by atoms with Crippen LogP contribution in [0.25, 0.3) is 10.9 Å². The lowest BCUT2D eigenvalue weighted by Crippen LogP contribution is -2.45. The van der Waals surface area contributed by atoms with Crippen molar-refractivity contribution >= 4 is 22.5 Å². The highest BCUT2D eigenvalue weighted by Crippen LogP contribution is 2.44. The largest absolute Gasteiger partial charge is 0.387 e. The SMILES string of the molecule is CN1CCCC2c3cccc4[nH]c(C(=O)C5N=C(N)CCN5)c(c34)C[C@H]21. The average molecular weight is 351 g/mol. The number of Topliss-reactive ketones (excluding diaryl/α,β-unsaturated/α-hetero) is 1. The van der Waals surface area contributed by atoms with Crippen molar-refractivity contribution in [3.8, 4) is 0 Å². The van der Waals surface area contributed by atoms with Crippen LogP contribution < -0.4 is 11.1 Å². The fourth-order valence-electron chi connectivity index (χ4n) is 5.07. The Bertz CT molecular complexity index is 914. The summed E-state index contributed by atoms with van der Waals surface area (Å²) in [6.45, 7) is 1.82. The molecule has 3 aliphatic rings. The number of hydrogen-bond donors (Lipinski definition) is 3. The van der Waals surface area contributed by atoms with Crippen LogP contribution in [0.1, 0.15) is 46.8 Å². The molecule has 0 spiro atoms. The van der Waals surface area contributed by atoms with Gasteiger partial charge in [0.1, 0.15) is 0 Å². The smallest absolute Gasteiger partial charge is 0.218 e. The molecule has 26 heavy (non-hydrogen) atoms. The number of H-pyrrole nitrogens is 1. The van der Waals surface area contributed by atoms with Gasteiger partial charge in [0.05, 0.1) is 11.5 Å². The third-order valence-electron chi connectivity index (χ3n) is 6.34. The Balaban J connectivity index is 1.63. The zero-order valence-electron chi connectivity index (χ0n) is 15.1. The fourth-order valence-corrected chi connectivity index (χ4v) is 5.07. The van der Waals surface area contributed by atoms with Gasteiger partial charge in [0, 0.05) is 35.8 Å². The number of aromatic nitrogens is 1. The number of rotatable bonds is 2. The van der Waals surface area contributed by atoms with Gasteiger partial charge >= 0.3 is 0 Å². The maximum absolute atomic E-state index is 13.2. The maximum Gasteiger partial charge on any atom is 0.218 e. The lowest BCUT2D eigenvalue weighted by molar-refractivity contribution is 0.0938. The Morgan fingerprint density at radius 1 is 1.38 bits per heavy atom. The molecule has 4 N–H and O–H groups in total. The number of hydrogen-bond acceptors (Lipinski definition) is 5. The van der Waals surface area contributed by atoms with Gasteiger partial charge in [0.25, 0.3) is 0 Å². The van der Waals surface area contributed by atoms with Crippen LogP contribution in [0.15, 0.2) is 23.2 Å². The van der Waals surface area contributed by atoms with E-state index < -0.39 is 6.17 Å². The normalized spacial score (nSPS) is 28.7. The topological polar surface area (TPSA) is 86.5 Å². The standard InChI is InChI=1S/C20H25N5O/c1-25-9-3-5-11-12-4-2-6-14-17(12)13(10-15(11)25)18(23-14)19(26)20-22-8-7-16(21)24-20/h2,4,6,11,15,20,22-23H,3,5,7-10H2,1H3,(H2,21,24)/t11?,15-,20?/m1/s1. The van der Waals surface area contributed by atoms with Gasteiger partial charge in [-0.2, -0.15) is 0 Å². The van der Waals surface area contributed by atoms with Crippen molar-refractivity contribution < 1.29 is 4.79 Å². The van der Waals surface area contributed by atoms with Crippen molar-refractivity contribution in [1.29, 1.82) is 0 Å². The molecule has 6 heteroatoms. The number of likely N-dealkylation sites (tertiary alicyclic amines) is 1. The number of carbonyl (C=O) groups excluding carboxylic acids is 1. The molecule has 3 heterocycles. The monoisotopic (exact) mass is 351 g/mol. The van der Waals surface area contributed by atoms with Gasteiger partial charge in [-0.15, -0.1) is 0 Å². The molecule has 1 aliphatic carbocycles. The Kier molecular flexibility index (Phi) is 3.65. The molecule has 3 atom stereocenters. The minimum atomic E-state index is -0.571. The average Bonchev–Trinajstić information content (AvgIpc) is 3.02. The first-order valence-electron chi connectivity index (χ1n) is 9.57. The van der Waals surface area contributed by atoms with E-state index in [0.29, 0.717) is 36.5 Å². The predicted octanol–water partition coefficient (Wildman–Crippen LogP) is 1.76. The molecular formula is C20H25N5O. The maximum atomic E-state index is 13.2. The number of aliphatic imine (C=N–C) groups is 1. The first kappa shape index (κ1) is 16.0. The van der Waals surface area contributed by atoms with Crippen LogP contribution in [0, 0.1) is 0 Å². The van der Waals surface area contributed by atoms with E-state index in [1.54, 1.807) is 0 Å². The van der Waals surface area contributed by atoms with Gasteiger partial charge in [-0.05, 0) is 50.0 Å². The summed E-state index contributed by atoms with van der Waals surface area (Å²) >= 11 is 0. The number of nitrogens with zero attached hydrogens (tertiary/aromatic N) is 2. The Morgan fingerprint density at radius 3 is 3.12 bits per heavy atom. The fraction of sp³-hybridized carbons (Fsp3) is 0.500. The van der Waals surface area contributed by atoms with Crippen molar-refractivity contribution in [2.24, 2.45) is 10.7 Å². The summed E-state index contributed by atoms with van der Waals surface area (Å²) in [7, 11) is 2.21. The second-order valence-corrected chi connectivity index (χ2v) is 7.84. The second-order valence-electron chi connectivity index (χ2n) is 7.84. The van der Waals surface area contributed by atoms with Gasteiger partial charge in [-0.1, -0.05) is 12.1 Å². The molecule has 0 bridgehead atoms. The summed E-state index contributed by atoms with van der Waals surface area (Å²) in [5.74, 6) is 1.12. The van der Waals surface area contributed by atoms with Crippen LogP contribution in [-0.2, 0) is 6.42 Å². The molecule has 2 aromatic rings. The van der Waals surface area contributed by atoms with Crippen LogP contribution in [0.4, 0.5) is 0 Å². The molecule has 6 nitrogen and oxygen atoms in total. The van der Waals surface area contributed by atoms with Crippen molar-refractivity contribution in [2.75, 3.05) is 20.1 Å². The van der Waals surface area contributed by atoms with Crippen molar-refractivity contribution in [3.05, 3.63) is 35.0 Å². The molecule has 1 fully saturated rings. The van der Waals surface area contributed by atoms with E-state index in [1.807, 2.05) is 0 Å². The summed E-state index contributed by atoms with van der Waals surface area (Å²) in [5, 5.41) is 4.46. The van der Waals surface area contributed by atoms with Crippen molar-refractivity contribution in [2.45, 2.75) is 43.8 Å². The number of ketones is 1. The summed E-state index contributed by atoms with van der Waals surface area (Å²) in [5.41, 5.74) is 10.2. The van der Waals surface area contributed by atoms with E-state index in [4.69, 9.17) is 5.73 Å². The summed E-state index contributed by atoms with van der Waals surface area (Å²) in [6, 6.07) is 6.91. The van der Waals surface area contributed by atoms with Gasteiger partial charge < -0.3 is 15.6 Å². The van der Waals surface area contributed by atoms with Gasteiger partial charge in [0.2, 0.25) is 5.78 Å². The minimum absolute atomic E-state index is 0.00159. The number of fused-ring (bicyclic) bond motifs is 2. The van der Waals surface area contributed by atoms with E-state index in [9.17, 15) is 4.79 Å². The summed E-state index contributed by atoms with van der Waals surface area (Å²) in [4.78, 5) is 23.4. The summed E-state index contributed by atoms with van der Waals surface area (Å²) < 4.78 is 0. The van der Waals surface area contributed by atoms with Crippen molar-refractivity contribution in [3.63, 3.8) is 0 Å². The third kappa shape index (κ3) is 2.32. The van der Waals surface area contributed by atoms with Crippen LogP contribution >= 0.6 is 0 Å². The quantitative estimate of drug-likeness (QED) is 0.720. The first-order valence-corrected chi connectivity index (χ1v) is 9.57. The zero-order valence-corrected chi connectivity index (χ0v) is 15.1. The van der Waals surface area contributed by atoms with Crippen LogP contribution in [0.3, 0.4) is 0 Å². The molecule has 1 aromatic carbocycles. The van der Waals surface area contributed by atoms with Crippen LogP contribution in [-0.4, -0.2) is 53.8 Å². The zero-order chi connectivity index (χ0) is 17.8. The molecule has 0 saturated carbocycles. The lowest BCUT2D eigenvalue weighted by Gasteiger charge is -2.42. The molecule has 1 aromatic heterocycles. The minimum Gasteiger partial charge on any atom is -0.387 e. The summed E-state index contributed by atoms with van der Waals surface area (Å²) in [6.07, 6.45) is 3.51. The van der Waals surface area contributed by atoms with E-state index in [-0.39, 0.29) is 5.78 Å². The van der Waals surface area contributed by atoms with E-state index in [2.05, 4.69) is 45.4 Å². The van der Waals surface area contributed by atoms with Gasteiger partial charge in [-0.3, -0.25) is 10.1 Å². The van der Waals surface area contributed by atoms with Crippen LogP contribution in [0.5, 0.6) is 0 Å². The van der Waals surface area contributed by atoms with Gasteiger partial charge in [-0.25, -0.2) is 4.99 Å². The molecule has 0 amide bonds. The number of piperidine rings is 1. The molecule has 0 radical (unpaired) electrons. The Hall–Kier alpha value is -2.18. The van der Waals surface area contributed by atoms with Gasteiger partial charge in [0.15, 0.2) is 6.17 Å².